The van der Waals surface area contributed by atoms with E-state index in [0.717, 1.165) is 0 Å². The van der Waals surface area contributed by atoms with E-state index in [1.54, 1.807) is 0 Å². The molecular weight excluding hydrogens is 200 g/mol. The van der Waals surface area contributed by atoms with Crippen LogP contribution >= 0.6 is 0 Å². The van der Waals surface area contributed by atoms with Crippen molar-refractivity contribution in [3.05, 3.63) is 0 Å². The van der Waals surface area contributed by atoms with Gasteiger partial charge in [0.1, 0.15) is 0 Å². The number of rotatable bonds is 2. The van der Waals surface area contributed by atoms with Crippen LogP contribution in [0.2, 0.25) is 0 Å². The van der Waals surface area contributed by atoms with Gasteiger partial charge in [-0.3, -0.25) is 0 Å². The van der Waals surface area contributed by atoms with Gasteiger partial charge < -0.3 is 0 Å². The molecule has 0 aromatic heterocycles. The van der Waals surface area contributed by atoms with Crippen LogP contribution in [0, 0.1) is 0 Å². The van der Waals surface area contributed by atoms with Gasteiger partial charge in [-0.05, 0) is 0 Å². The summed E-state index contributed by atoms with van der Waals surface area (Å²) in [7, 11) is 0. The first-order valence-corrected chi connectivity index (χ1v) is 34.0. The fourth-order valence-corrected chi connectivity index (χ4v) is 211. The van der Waals surface area contributed by atoms with Crippen LogP contribution in [0.3, 0.4) is 0 Å². The first kappa shape index (κ1) is 11.3. The second-order valence-corrected chi connectivity index (χ2v) is 74.3. The third-order valence-corrected chi connectivity index (χ3v) is 144. The fourth-order valence-electron chi connectivity index (χ4n) is 0.177. The molecule has 0 aromatic carbocycles. The predicted octanol–water partition coefficient (Wildman–Crippen LogP) is -1.90. The molecule has 0 saturated carbocycles. The quantitative estimate of drug-likeness (QED) is 0.457. The Kier molecular flexibility index (Phi) is 23.3. The average Bonchev–Trinajstić information content (AvgIpc) is 1.41. The van der Waals surface area contributed by atoms with Crippen LogP contribution in [0.15, 0.2) is 0 Å². The van der Waals surface area contributed by atoms with Crippen molar-refractivity contribution in [1.29, 1.82) is 0 Å². The molecule has 0 aliphatic carbocycles. The van der Waals surface area contributed by atoms with Crippen LogP contribution in [0.4, 0.5) is 0 Å². The van der Waals surface area contributed by atoms with E-state index in [4.69, 9.17) is 0 Å². The van der Waals surface area contributed by atoms with Gasteiger partial charge in [0, 0.05) is 0 Å². The molecule has 5 heteroatoms. The van der Waals surface area contributed by atoms with Gasteiger partial charge in [-0.25, -0.2) is 0 Å². The van der Waals surface area contributed by atoms with Crippen molar-refractivity contribution in [3.8, 4) is 0 Å². The molecule has 0 rings (SSSR count). The van der Waals surface area contributed by atoms with Crippen LogP contribution < -0.4 is 0 Å². The second-order valence-electron chi connectivity index (χ2n) is 1.06. The third-order valence-electron chi connectivity index (χ3n) is 0.500. The van der Waals surface area contributed by atoms with Crippen molar-refractivity contribution in [3.63, 3.8) is 0 Å². The molecule has 0 spiro atoms. The molecule has 0 nitrogen and oxygen atoms in total. The Hall–Kier alpha value is 6.30. The molecule has 0 bridgehead atoms. The van der Waals surface area contributed by atoms with Crippen molar-refractivity contribution in [2.45, 2.75) is 0 Å². The van der Waals surface area contributed by atoms with Crippen molar-refractivity contribution < 1.29 is 0 Å². The van der Waals surface area contributed by atoms with E-state index >= 15 is 0 Å². The summed E-state index contributed by atoms with van der Waals surface area (Å²) in [6, 6.07) is 0. The first-order valence-electron chi connectivity index (χ1n) is 2.00. The minimum atomic E-state index is 0.516. The summed E-state index contributed by atoms with van der Waals surface area (Å²) in [5, 5.41) is 0. The van der Waals surface area contributed by atoms with Crippen molar-refractivity contribution in [2.24, 2.45) is 0 Å². The Morgan fingerprint density at radius 3 is 1.40 bits per heavy atom. The summed E-state index contributed by atoms with van der Waals surface area (Å²) in [4.78, 5) is 0. The Balaban J connectivity index is 2.19. The summed E-state index contributed by atoms with van der Waals surface area (Å²) in [6.07, 6.45) is 0. The fraction of sp³-hybridized carbons (Fsp3) is 0. The zero-order chi connectivity index (χ0) is 4.12. The van der Waals surface area contributed by atoms with Gasteiger partial charge >= 0.3 is 94.3 Å². The van der Waals surface area contributed by atoms with Crippen LogP contribution in [0.1, 0.15) is 0 Å². The molecule has 0 unspecified atom stereocenters. The van der Waals surface area contributed by atoms with Gasteiger partial charge in [0.15, 0.2) is 0 Å². The topological polar surface area (TPSA) is 0 Å². The van der Waals surface area contributed by atoms with Crippen LogP contribution in [0.5, 0.6) is 0 Å². The maximum atomic E-state index is 1.82. The summed E-state index contributed by atoms with van der Waals surface area (Å²) < 4.78 is 0. The van der Waals surface area contributed by atoms with E-state index in [1.165, 1.54) is 0 Å². The van der Waals surface area contributed by atoms with E-state index in [9.17, 15) is 0 Å². The maximum absolute atomic E-state index is 1.82. The summed E-state index contributed by atoms with van der Waals surface area (Å²) in [5.74, 6) is 0. The van der Waals surface area contributed by atoms with Gasteiger partial charge in [0.2, 0.25) is 0 Å². The molecule has 0 amide bonds. The molecule has 0 saturated heterocycles. The minimum absolute atomic E-state index is 0.516. The molecule has 10 valence electrons. The summed E-state index contributed by atoms with van der Waals surface area (Å²) in [6.45, 7) is 0. The average molecular weight is 200 g/mol. The molecule has 0 aromatic rings. The van der Waals surface area contributed by atoms with Crippen molar-refractivity contribution >= 4 is 94.3 Å². The standard InChI is InChI=1S/5Ca. The number of hydrogen-bond acceptors (Lipinski definition) is 0. The first-order chi connectivity index (χ1) is 2.41. The molecule has 0 fully saturated rings. The van der Waals surface area contributed by atoms with Gasteiger partial charge in [-0.2, -0.15) is 0 Å². The van der Waals surface area contributed by atoms with E-state index < -0.39 is 0 Å². The molecule has 0 N–H and O–H groups in total. The molecule has 0 aliphatic rings. The van der Waals surface area contributed by atoms with E-state index in [2.05, 4.69) is 0 Å². The Morgan fingerprint density at radius 1 is 1.00 bits per heavy atom. The molecule has 0 atom stereocenters. The van der Waals surface area contributed by atoms with Crippen LogP contribution in [0.25, 0.3) is 0 Å². The zero-order valence-electron chi connectivity index (χ0n) is 3.54. The van der Waals surface area contributed by atoms with Gasteiger partial charge in [0.25, 0.3) is 0 Å². The summed E-state index contributed by atoms with van der Waals surface area (Å²) >= 11 is 5.25. The number of hydrogen-bond donors (Lipinski definition) is 0. The second kappa shape index (κ2) is 10.3. The van der Waals surface area contributed by atoms with Crippen LogP contribution in [-0.4, -0.2) is 94.3 Å². The van der Waals surface area contributed by atoms with E-state index in [1.807, 2.05) is 51.9 Å². The van der Waals surface area contributed by atoms with Gasteiger partial charge in [-0.15, -0.1) is 0 Å². The van der Waals surface area contributed by atoms with Crippen molar-refractivity contribution in [1.82, 2.24) is 0 Å². The van der Waals surface area contributed by atoms with E-state index in [-0.39, 0.29) is 0 Å². The van der Waals surface area contributed by atoms with Gasteiger partial charge in [0.05, 0.1) is 0 Å². The predicted molar refractivity (Wildman–Crippen MR) is 28.8 cm³/mol. The van der Waals surface area contributed by atoms with Crippen LogP contribution in [-0.2, 0) is 0 Å². The van der Waals surface area contributed by atoms with E-state index in [0.29, 0.717) is 42.4 Å². The normalized spacial score (nSPS) is 2.80. The monoisotopic (exact) mass is 200 g/mol. The molecular formula is Ca5. The Labute approximate surface area is 87.6 Å². The SMILES string of the molecule is [Ca][Ca][Ca][Ca][Ca]. The van der Waals surface area contributed by atoms with Crippen molar-refractivity contribution in [2.75, 3.05) is 0 Å². The third kappa shape index (κ3) is 10.3. The zero-order valence-corrected chi connectivity index (χ0v) is 14.6. The molecule has 5 heavy (non-hydrogen) atoms. The molecule has 0 heterocycles. The molecule has 2 radical (unpaired) electrons. The Bertz CT molecular complexity index is 7.51. The Morgan fingerprint density at radius 2 is 1.40 bits per heavy atom. The summed E-state index contributed by atoms with van der Waals surface area (Å²) in [5.41, 5.74) is 0. The van der Waals surface area contributed by atoms with Gasteiger partial charge in [-0.1, -0.05) is 0 Å². The molecule has 0 aliphatic heterocycles.